The van der Waals surface area contributed by atoms with Crippen molar-refractivity contribution in [3.8, 4) is 0 Å². The first-order valence-corrected chi connectivity index (χ1v) is 7.50. The molecule has 0 bridgehead atoms. The maximum absolute atomic E-state index is 10.2. The summed E-state index contributed by atoms with van der Waals surface area (Å²) < 4.78 is 5.00. The number of hydrogen-bond acceptors (Lipinski definition) is 3. The maximum Gasteiger partial charge on any atom is 0.191 e. The Kier molecular flexibility index (Phi) is 8.82. The fourth-order valence-corrected chi connectivity index (χ4v) is 2.05. The molecule has 21 heavy (non-hydrogen) atoms. The molecule has 0 radical (unpaired) electrons. The molecule has 1 aromatic carbocycles. The van der Waals surface area contributed by atoms with Gasteiger partial charge in [0.25, 0.3) is 0 Å². The Bertz CT molecular complexity index is 441. The molecule has 118 valence electrons. The summed E-state index contributed by atoms with van der Waals surface area (Å²) in [6.45, 7) is 4.48. The third kappa shape index (κ3) is 6.80. The standard InChI is InChI=1S/C15H24ClN3O2/c1-3-17-15(18-9-6-10-21-2)19-11-14(20)12-7-4-5-8-13(12)16/h4-5,7-8,14,20H,3,6,9-11H2,1-2H3,(H2,17,18,19). The van der Waals surface area contributed by atoms with Crippen molar-refractivity contribution < 1.29 is 9.84 Å². The Labute approximate surface area is 131 Å². The second-order valence-corrected chi connectivity index (χ2v) is 4.94. The van der Waals surface area contributed by atoms with Crippen molar-refractivity contribution in [3.05, 3.63) is 34.9 Å². The monoisotopic (exact) mass is 313 g/mol. The highest BCUT2D eigenvalue weighted by molar-refractivity contribution is 6.31. The number of benzene rings is 1. The number of nitrogens with zero attached hydrogens (tertiary/aromatic N) is 1. The predicted octanol–water partition coefficient (Wildman–Crippen LogP) is 1.97. The molecular weight excluding hydrogens is 290 g/mol. The number of aliphatic hydroxyl groups excluding tert-OH is 1. The van der Waals surface area contributed by atoms with Crippen LogP contribution in [0.4, 0.5) is 0 Å². The molecule has 0 amide bonds. The van der Waals surface area contributed by atoms with Gasteiger partial charge in [-0.05, 0) is 19.4 Å². The van der Waals surface area contributed by atoms with Gasteiger partial charge in [-0.1, -0.05) is 29.8 Å². The zero-order chi connectivity index (χ0) is 15.5. The first-order valence-electron chi connectivity index (χ1n) is 7.12. The molecule has 1 atom stereocenters. The van der Waals surface area contributed by atoms with Crippen LogP contribution in [-0.4, -0.2) is 44.4 Å². The molecule has 0 aliphatic rings. The molecule has 0 aliphatic carbocycles. The second kappa shape index (κ2) is 10.4. The smallest absolute Gasteiger partial charge is 0.191 e. The third-order valence-electron chi connectivity index (χ3n) is 2.85. The van der Waals surface area contributed by atoms with Crippen molar-refractivity contribution in [2.75, 3.05) is 33.4 Å². The van der Waals surface area contributed by atoms with Crippen LogP contribution < -0.4 is 10.6 Å². The highest BCUT2D eigenvalue weighted by Crippen LogP contribution is 2.22. The molecule has 0 heterocycles. The lowest BCUT2D eigenvalue weighted by molar-refractivity contribution is 0.187. The molecule has 1 rings (SSSR count). The van der Waals surface area contributed by atoms with E-state index in [0.717, 1.165) is 19.5 Å². The van der Waals surface area contributed by atoms with Crippen LogP contribution in [0.15, 0.2) is 29.3 Å². The summed E-state index contributed by atoms with van der Waals surface area (Å²) in [7, 11) is 1.68. The summed E-state index contributed by atoms with van der Waals surface area (Å²) in [4.78, 5) is 4.37. The van der Waals surface area contributed by atoms with E-state index in [1.54, 1.807) is 13.2 Å². The van der Waals surface area contributed by atoms with Crippen LogP contribution in [0.5, 0.6) is 0 Å². The van der Waals surface area contributed by atoms with Gasteiger partial charge < -0.3 is 20.5 Å². The van der Waals surface area contributed by atoms with Crippen LogP contribution >= 0.6 is 11.6 Å². The third-order valence-corrected chi connectivity index (χ3v) is 3.19. The lowest BCUT2D eigenvalue weighted by Crippen LogP contribution is -2.38. The summed E-state index contributed by atoms with van der Waals surface area (Å²) in [6, 6.07) is 7.26. The van der Waals surface area contributed by atoms with Crippen LogP contribution in [0.3, 0.4) is 0 Å². The van der Waals surface area contributed by atoms with Crippen LogP contribution in [0, 0.1) is 0 Å². The average Bonchev–Trinajstić information content (AvgIpc) is 2.49. The van der Waals surface area contributed by atoms with Crippen LogP contribution in [0.1, 0.15) is 25.0 Å². The molecule has 0 spiro atoms. The molecule has 0 aliphatic heterocycles. The SMILES string of the molecule is CCNC(=NCC(O)c1ccccc1Cl)NCCCOC. The highest BCUT2D eigenvalue weighted by Gasteiger charge is 2.10. The Hall–Kier alpha value is -1.30. The molecule has 0 aromatic heterocycles. The Morgan fingerprint density at radius 3 is 2.81 bits per heavy atom. The fourth-order valence-electron chi connectivity index (χ4n) is 1.79. The summed E-state index contributed by atoms with van der Waals surface area (Å²) in [6.07, 6.45) is 0.182. The van der Waals surface area contributed by atoms with Crippen molar-refractivity contribution >= 4 is 17.6 Å². The molecule has 0 saturated carbocycles. The van der Waals surface area contributed by atoms with Gasteiger partial charge in [-0.3, -0.25) is 4.99 Å². The van der Waals surface area contributed by atoms with Gasteiger partial charge in [0, 0.05) is 37.4 Å². The van der Waals surface area contributed by atoms with E-state index in [4.69, 9.17) is 16.3 Å². The Morgan fingerprint density at radius 1 is 1.38 bits per heavy atom. The first kappa shape index (κ1) is 17.8. The topological polar surface area (TPSA) is 65.9 Å². The van der Waals surface area contributed by atoms with Gasteiger partial charge in [0.15, 0.2) is 5.96 Å². The van der Waals surface area contributed by atoms with Gasteiger partial charge in [0.1, 0.15) is 6.10 Å². The zero-order valence-corrected chi connectivity index (χ0v) is 13.4. The van der Waals surface area contributed by atoms with Crippen LogP contribution in [0.25, 0.3) is 0 Å². The van der Waals surface area contributed by atoms with Gasteiger partial charge in [-0.15, -0.1) is 0 Å². The Morgan fingerprint density at radius 2 is 2.14 bits per heavy atom. The maximum atomic E-state index is 10.2. The number of hydrogen-bond donors (Lipinski definition) is 3. The molecule has 1 aromatic rings. The number of guanidine groups is 1. The molecule has 0 fully saturated rings. The van der Waals surface area contributed by atoms with Crippen molar-refractivity contribution in [1.82, 2.24) is 10.6 Å². The average molecular weight is 314 g/mol. The first-order chi connectivity index (χ1) is 10.2. The number of rotatable bonds is 8. The van der Waals surface area contributed by atoms with Gasteiger partial charge in [0.05, 0.1) is 6.54 Å². The van der Waals surface area contributed by atoms with Crippen LogP contribution in [-0.2, 0) is 4.74 Å². The normalized spacial score (nSPS) is 13.0. The lowest BCUT2D eigenvalue weighted by Gasteiger charge is -2.14. The van der Waals surface area contributed by atoms with Gasteiger partial charge in [0.2, 0.25) is 0 Å². The van der Waals surface area contributed by atoms with Crippen LogP contribution in [0.2, 0.25) is 5.02 Å². The lowest BCUT2D eigenvalue weighted by atomic mass is 10.1. The number of ether oxygens (including phenoxy) is 1. The van der Waals surface area contributed by atoms with E-state index >= 15 is 0 Å². The van der Waals surface area contributed by atoms with E-state index in [0.29, 0.717) is 23.2 Å². The summed E-state index contributed by atoms with van der Waals surface area (Å²) >= 11 is 6.06. The van der Waals surface area contributed by atoms with Crippen molar-refractivity contribution in [1.29, 1.82) is 0 Å². The van der Waals surface area contributed by atoms with Crippen molar-refractivity contribution in [2.24, 2.45) is 4.99 Å². The molecule has 1 unspecified atom stereocenters. The second-order valence-electron chi connectivity index (χ2n) is 4.53. The van der Waals surface area contributed by atoms with Gasteiger partial charge >= 0.3 is 0 Å². The predicted molar refractivity (Wildman–Crippen MR) is 86.9 cm³/mol. The highest BCUT2D eigenvalue weighted by atomic mass is 35.5. The Balaban J connectivity index is 2.54. The van der Waals surface area contributed by atoms with E-state index in [9.17, 15) is 5.11 Å². The number of aliphatic imine (C=N–C) groups is 1. The molecule has 6 heteroatoms. The van der Waals surface area contributed by atoms with Crippen molar-refractivity contribution in [2.45, 2.75) is 19.4 Å². The number of methoxy groups -OCH3 is 1. The van der Waals surface area contributed by atoms with E-state index in [2.05, 4.69) is 15.6 Å². The minimum absolute atomic E-state index is 0.253. The van der Waals surface area contributed by atoms with Gasteiger partial charge in [-0.2, -0.15) is 0 Å². The minimum Gasteiger partial charge on any atom is -0.386 e. The molecular formula is C15H24ClN3O2. The largest absolute Gasteiger partial charge is 0.386 e. The molecule has 0 saturated heterocycles. The number of aliphatic hydroxyl groups is 1. The molecule has 3 N–H and O–H groups in total. The summed E-state index contributed by atoms with van der Waals surface area (Å²) in [5, 5.41) is 17.0. The van der Waals surface area contributed by atoms with Crippen molar-refractivity contribution in [3.63, 3.8) is 0 Å². The quantitative estimate of drug-likeness (QED) is 0.390. The number of nitrogens with one attached hydrogen (secondary N) is 2. The molecule has 5 nitrogen and oxygen atoms in total. The van der Waals surface area contributed by atoms with Gasteiger partial charge in [-0.25, -0.2) is 0 Å². The van der Waals surface area contributed by atoms with E-state index in [1.807, 2.05) is 25.1 Å². The summed E-state index contributed by atoms with van der Waals surface area (Å²) in [5.74, 6) is 0.680. The number of halogens is 1. The minimum atomic E-state index is -0.715. The van der Waals surface area contributed by atoms with E-state index in [1.165, 1.54) is 0 Å². The fraction of sp³-hybridized carbons (Fsp3) is 0.533. The van der Waals surface area contributed by atoms with E-state index in [-0.39, 0.29) is 6.54 Å². The van der Waals surface area contributed by atoms with E-state index < -0.39 is 6.10 Å². The summed E-state index contributed by atoms with van der Waals surface area (Å²) in [5.41, 5.74) is 0.693. The zero-order valence-electron chi connectivity index (χ0n) is 12.6.